The Morgan fingerprint density at radius 3 is 1.38 bits per heavy atom. The fraction of sp³-hybridized carbons (Fsp3) is 0.391. The van der Waals surface area contributed by atoms with Crippen molar-refractivity contribution in [1.82, 2.24) is 0 Å². The van der Waals surface area contributed by atoms with Gasteiger partial charge in [-0.25, -0.2) is 0 Å². The van der Waals surface area contributed by atoms with E-state index in [1.54, 1.807) is 0 Å². The Morgan fingerprint density at radius 1 is 0.615 bits per heavy atom. The molecule has 0 amide bonds. The van der Waals surface area contributed by atoms with Crippen molar-refractivity contribution in [1.29, 1.82) is 0 Å². The van der Waals surface area contributed by atoms with Crippen LogP contribution in [0.15, 0.2) is 46.6 Å². The van der Waals surface area contributed by atoms with Crippen LogP contribution >= 0.6 is 0 Å². The highest BCUT2D eigenvalue weighted by Crippen LogP contribution is 2.81. The van der Waals surface area contributed by atoms with E-state index in [-0.39, 0.29) is 46.4 Å². The summed E-state index contributed by atoms with van der Waals surface area (Å²) in [5.74, 6) is 2.16. The summed E-state index contributed by atoms with van der Waals surface area (Å²) in [6, 6.07) is 6.72. The maximum absolute atomic E-state index is 11.5. The third-order valence-corrected chi connectivity index (χ3v) is 9.26. The minimum absolute atomic E-state index is 0.0671. The van der Waals surface area contributed by atoms with Gasteiger partial charge in [0.25, 0.3) is 11.4 Å². The fourth-order valence-corrected chi connectivity index (χ4v) is 8.17. The van der Waals surface area contributed by atoms with E-state index in [0.29, 0.717) is 23.7 Å². The molecule has 198 valence electrons. The van der Waals surface area contributed by atoms with Crippen molar-refractivity contribution in [2.75, 3.05) is 10.9 Å². The van der Waals surface area contributed by atoms with Crippen molar-refractivity contribution >= 4 is 45.5 Å². The van der Waals surface area contributed by atoms with E-state index in [4.69, 9.17) is 0 Å². The summed E-state index contributed by atoms with van der Waals surface area (Å²) in [4.78, 5) is 42.3. The SMILES string of the molecule is O=[N+]([O-])c1ccc(NN=C2[C@@H]3[C@H]4C[C@H]5[C@@H]3C(=NNc3ccc([N+](=O)[O-])cc3[N+](=O)[O-])[C@@H]3[C@@H]2[C@@H]4[C@@H]53)c([N+](=O)[O-])c1. The van der Waals surface area contributed by atoms with Crippen LogP contribution in [0.3, 0.4) is 0 Å². The molecule has 0 aromatic heterocycles. The van der Waals surface area contributed by atoms with Gasteiger partial charge in [0.05, 0.1) is 31.8 Å². The molecule has 0 radical (unpaired) electrons. The molecule has 0 unspecified atom stereocenters. The fourth-order valence-electron chi connectivity index (χ4n) is 8.17. The minimum atomic E-state index is -0.696. The molecule has 16 nitrogen and oxygen atoms in total. The predicted octanol–water partition coefficient (Wildman–Crippen LogP) is 3.94. The predicted molar refractivity (Wildman–Crippen MR) is 134 cm³/mol. The Labute approximate surface area is 217 Å². The largest absolute Gasteiger partial charge is 0.301 e. The third kappa shape index (κ3) is 2.98. The van der Waals surface area contributed by atoms with Gasteiger partial charge in [-0.2, -0.15) is 10.2 Å². The molecule has 0 aliphatic heterocycles. The number of non-ortho nitro benzene ring substituents is 2. The maximum atomic E-state index is 11.5. The highest BCUT2D eigenvalue weighted by molar-refractivity contribution is 6.11. The van der Waals surface area contributed by atoms with Crippen LogP contribution < -0.4 is 10.9 Å². The minimum Gasteiger partial charge on any atom is -0.272 e. The van der Waals surface area contributed by atoms with Crippen LogP contribution in [-0.2, 0) is 0 Å². The average molecular weight is 534 g/mol. The average Bonchev–Trinajstić information content (AvgIpc) is 3.44. The summed E-state index contributed by atoms with van der Waals surface area (Å²) in [7, 11) is 0. The highest BCUT2D eigenvalue weighted by atomic mass is 16.6. The summed E-state index contributed by atoms with van der Waals surface area (Å²) < 4.78 is 0. The monoisotopic (exact) mass is 534 g/mol. The molecular formula is C23H18N8O8. The second kappa shape index (κ2) is 7.75. The van der Waals surface area contributed by atoms with E-state index in [1.165, 1.54) is 24.3 Å². The van der Waals surface area contributed by atoms with Gasteiger partial charge >= 0.3 is 11.4 Å². The number of hydrogen-bond acceptors (Lipinski definition) is 12. The molecule has 5 aliphatic rings. The van der Waals surface area contributed by atoms with Crippen LogP contribution in [0.5, 0.6) is 0 Å². The van der Waals surface area contributed by atoms with Gasteiger partial charge in [-0.1, -0.05) is 0 Å². The molecule has 2 aromatic carbocycles. The first-order valence-corrected chi connectivity index (χ1v) is 12.2. The van der Waals surface area contributed by atoms with Crippen LogP contribution in [-0.4, -0.2) is 31.1 Å². The normalized spacial score (nSPS) is 33.9. The molecule has 39 heavy (non-hydrogen) atoms. The Hall–Kier alpha value is -5.02. The summed E-state index contributed by atoms with van der Waals surface area (Å²) in [6.45, 7) is 0. The van der Waals surface area contributed by atoms with E-state index >= 15 is 0 Å². The van der Waals surface area contributed by atoms with Gasteiger partial charge in [-0.15, -0.1) is 0 Å². The highest BCUT2D eigenvalue weighted by Gasteiger charge is 2.82. The molecule has 2 aromatic rings. The van der Waals surface area contributed by atoms with E-state index < -0.39 is 31.1 Å². The number of nitrogens with zero attached hydrogens (tertiary/aromatic N) is 6. The zero-order valence-electron chi connectivity index (χ0n) is 19.7. The van der Waals surface area contributed by atoms with Crippen molar-refractivity contribution in [3.63, 3.8) is 0 Å². The number of rotatable bonds is 8. The first-order chi connectivity index (χ1) is 18.7. The summed E-state index contributed by atoms with van der Waals surface area (Å²) in [5, 5.41) is 54.3. The summed E-state index contributed by atoms with van der Waals surface area (Å²) in [5.41, 5.74) is 5.94. The molecule has 2 bridgehead atoms. The van der Waals surface area contributed by atoms with Gasteiger partial charge in [-0.05, 0) is 42.2 Å². The molecule has 0 heterocycles. The lowest BCUT2D eigenvalue weighted by molar-refractivity contribution is -0.393. The Kier molecular flexibility index (Phi) is 4.59. The third-order valence-electron chi connectivity index (χ3n) is 9.26. The number of anilines is 2. The van der Waals surface area contributed by atoms with Gasteiger partial charge in [-0.3, -0.25) is 51.3 Å². The quantitative estimate of drug-likeness (QED) is 0.366. The van der Waals surface area contributed by atoms with Crippen LogP contribution in [0.2, 0.25) is 0 Å². The first kappa shape index (κ1) is 23.1. The molecule has 8 atom stereocenters. The van der Waals surface area contributed by atoms with Crippen molar-refractivity contribution < 1.29 is 19.7 Å². The second-order valence-electron chi connectivity index (χ2n) is 10.5. The molecular weight excluding hydrogens is 516 g/mol. The van der Waals surface area contributed by atoms with E-state index in [1.807, 2.05) is 0 Å². The Morgan fingerprint density at radius 2 is 1.03 bits per heavy atom. The Bertz CT molecular complexity index is 1470. The second-order valence-corrected chi connectivity index (χ2v) is 10.5. The number of benzene rings is 2. The summed E-state index contributed by atoms with van der Waals surface area (Å²) >= 11 is 0. The molecule has 5 aliphatic carbocycles. The van der Waals surface area contributed by atoms with Gasteiger partial charge in [0.1, 0.15) is 11.4 Å². The molecule has 16 heteroatoms. The zero-order valence-corrected chi connectivity index (χ0v) is 19.7. The summed E-state index contributed by atoms with van der Waals surface area (Å²) in [6.07, 6.45) is 1.03. The van der Waals surface area contributed by atoms with Gasteiger partial charge < -0.3 is 0 Å². The lowest BCUT2D eigenvalue weighted by atomic mass is 9.59. The Balaban J connectivity index is 1.18. The number of nitro benzene ring substituents is 4. The van der Waals surface area contributed by atoms with Crippen LogP contribution in [0.4, 0.5) is 34.1 Å². The molecule has 0 saturated heterocycles. The van der Waals surface area contributed by atoms with E-state index in [9.17, 15) is 40.5 Å². The lowest BCUT2D eigenvalue weighted by Gasteiger charge is -2.44. The first-order valence-electron chi connectivity index (χ1n) is 12.2. The number of hydrazone groups is 2. The van der Waals surface area contributed by atoms with E-state index in [2.05, 4.69) is 21.1 Å². The van der Waals surface area contributed by atoms with E-state index in [0.717, 1.165) is 30.0 Å². The van der Waals surface area contributed by atoms with Crippen molar-refractivity contribution in [2.24, 2.45) is 57.5 Å². The van der Waals surface area contributed by atoms with Crippen LogP contribution in [0.25, 0.3) is 0 Å². The smallest absolute Gasteiger partial charge is 0.272 e. The molecule has 0 spiro atoms. The van der Waals surface area contributed by atoms with Crippen molar-refractivity contribution in [3.8, 4) is 0 Å². The van der Waals surface area contributed by atoms with Crippen molar-refractivity contribution in [3.05, 3.63) is 76.9 Å². The van der Waals surface area contributed by atoms with Gasteiger partial charge in [0.15, 0.2) is 0 Å². The topological polar surface area (TPSA) is 221 Å². The number of fused-ring (bicyclic) bond motifs is 2. The molecule has 2 N–H and O–H groups in total. The molecule has 5 fully saturated rings. The van der Waals surface area contributed by atoms with Crippen molar-refractivity contribution in [2.45, 2.75) is 6.42 Å². The number of nitro groups is 4. The van der Waals surface area contributed by atoms with Gasteiger partial charge in [0.2, 0.25) is 0 Å². The molecule has 7 rings (SSSR count). The van der Waals surface area contributed by atoms with Gasteiger partial charge in [0, 0.05) is 47.2 Å². The molecule has 5 saturated carbocycles. The maximum Gasteiger partial charge on any atom is 0.301 e. The number of hydrogen-bond donors (Lipinski definition) is 2. The van der Waals surface area contributed by atoms with Crippen LogP contribution in [0, 0.1) is 87.8 Å². The van der Waals surface area contributed by atoms with Crippen LogP contribution in [0.1, 0.15) is 6.42 Å². The standard InChI is InChI=1S/C23H18N8O8/c32-28(33)8-1-3-12(14(5-8)30(36)37)24-26-22-18-10-7-11-17-16(10)20(22)21(17)23(19(11)18)27-25-13-4-2-9(29(34)35)6-15(13)31(38)39/h1-6,10-11,16-21,24-25H,7H2/t10-,11+,16-,17+,18+,19-,20-,21-/m0/s1. The zero-order chi connectivity index (χ0) is 27.3. The number of nitrogens with one attached hydrogen (secondary N) is 2. The lowest BCUT2D eigenvalue weighted by Crippen LogP contribution is -2.48.